The van der Waals surface area contributed by atoms with Crippen molar-refractivity contribution in [3.05, 3.63) is 74.4 Å². The number of nitrogen functional groups attached to an aromatic ring is 1. The number of aromatic nitrogens is 2. The summed E-state index contributed by atoms with van der Waals surface area (Å²) in [6.45, 7) is 1.62. The number of hydrogen-bond acceptors (Lipinski definition) is 9. The van der Waals surface area contributed by atoms with Gasteiger partial charge in [-0.25, -0.2) is 9.66 Å². The number of fused-ring (bicyclic) bond motifs is 1. The van der Waals surface area contributed by atoms with E-state index in [-0.39, 0.29) is 22.3 Å². The number of nitrogens with two attached hydrogens (primary N) is 1. The molecule has 2 heterocycles. The molecule has 10 nitrogen and oxygen atoms in total. The molecular formula is C22H19N5O5S2. The van der Waals surface area contributed by atoms with E-state index in [4.69, 9.17) is 10.6 Å². The van der Waals surface area contributed by atoms with Gasteiger partial charge in [0, 0.05) is 23.1 Å². The number of rotatable bonds is 7. The van der Waals surface area contributed by atoms with Gasteiger partial charge in [0.2, 0.25) is 5.91 Å². The van der Waals surface area contributed by atoms with Crippen molar-refractivity contribution >= 4 is 50.6 Å². The number of nitro benzene ring substituents is 1. The molecule has 2 aromatic heterocycles. The molecule has 174 valence electrons. The molecule has 1 atom stereocenters. The number of carbonyl (C=O) groups is 1. The first kappa shape index (κ1) is 23.3. The van der Waals surface area contributed by atoms with Crippen LogP contribution in [0.4, 0.5) is 11.4 Å². The normalized spacial score (nSPS) is 11.8. The molecule has 1 amide bonds. The van der Waals surface area contributed by atoms with Crippen LogP contribution in [0.25, 0.3) is 21.3 Å². The molecule has 0 aliphatic rings. The lowest BCUT2D eigenvalue weighted by Gasteiger charge is -2.15. The highest BCUT2D eigenvalue weighted by molar-refractivity contribution is 8.00. The van der Waals surface area contributed by atoms with Crippen LogP contribution in [0.15, 0.2) is 63.9 Å². The SMILES string of the molecule is COc1ccc([N+](=O)[O-])cc1NC(=O)C(C)Sc1nc2scc(-c3ccccc3)c2c(=O)n1N. The summed E-state index contributed by atoms with van der Waals surface area (Å²) in [6, 6.07) is 13.4. The average molecular weight is 498 g/mol. The van der Waals surface area contributed by atoms with Gasteiger partial charge in [0.05, 0.1) is 28.4 Å². The smallest absolute Gasteiger partial charge is 0.282 e. The summed E-state index contributed by atoms with van der Waals surface area (Å²) < 4.78 is 6.11. The third-order valence-corrected chi connectivity index (χ3v) is 6.93. The number of hydrogen-bond donors (Lipinski definition) is 2. The van der Waals surface area contributed by atoms with Crippen molar-refractivity contribution in [3.8, 4) is 16.9 Å². The molecule has 0 spiro atoms. The summed E-state index contributed by atoms with van der Waals surface area (Å²) in [5.74, 6) is 5.87. The van der Waals surface area contributed by atoms with Gasteiger partial charge in [0.25, 0.3) is 11.2 Å². The second-order valence-electron chi connectivity index (χ2n) is 7.16. The summed E-state index contributed by atoms with van der Waals surface area (Å²) in [6.07, 6.45) is 0. The molecule has 0 bridgehead atoms. The van der Waals surface area contributed by atoms with E-state index in [0.29, 0.717) is 10.2 Å². The fourth-order valence-corrected chi connectivity index (χ4v) is 5.07. The number of anilines is 1. The maximum atomic E-state index is 13.0. The lowest BCUT2D eigenvalue weighted by Crippen LogP contribution is -2.31. The monoisotopic (exact) mass is 497 g/mol. The maximum absolute atomic E-state index is 13.0. The van der Waals surface area contributed by atoms with Crippen molar-refractivity contribution in [2.45, 2.75) is 17.3 Å². The van der Waals surface area contributed by atoms with Gasteiger partial charge < -0.3 is 15.9 Å². The molecule has 4 aromatic rings. The second-order valence-corrected chi connectivity index (χ2v) is 9.32. The van der Waals surface area contributed by atoms with Crippen molar-refractivity contribution in [2.75, 3.05) is 18.3 Å². The lowest BCUT2D eigenvalue weighted by atomic mass is 10.1. The van der Waals surface area contributed by atoms with E-state index in [9.17, 15) is 19.7 Å². The Morgan fingerprint density at radius 2 is 2.03 bits per heavy atom. The van der Waals surface area contributed by atoms with Crippen LogP contribution in [-0.2, 0) is 4.79 Å². The molecular weight excluding hydrogens is 478 g/mol. The zero-order valence-electron chi connectivity index (χ0n) is 18.1. The number of thiophene rings is 1. The van der Waals surface area contributed by atoms with E-state index < -0.39 is 21.6 Å². The number of nitrogens with zero attached hydrogens (tertiary/aromatic N) is 3. The quantitative estimate of drug-likeness (QED) is 0.129. The maximum Gasteiger partial charge on any atom is 0.282 e. The zero-order chi connectivity index (χ0) is 24.4. The number of methoxy groups -OCH3 is 1. The van der Waals surface area contributed by atoms with Gasteiger partial charge in [0.1, 0.15) is 10.6 Å². The fraction of sp³-hybridized carbons (Fsp3) is 0.136. The molecule has 12 heteroatoms. The van der Waals surface area contributed by atoms with Crippen molar-refractivity contribution in [1.29, 1.82) is 0 Å². The van der Waals surface area contributed by atoms with Crippen LogP contribution in [0.3, 0.4) is 0 Å². The molecule has 0 radical (unpaired) electrons. The van der Waals surface area contributed by atoms with E-state index in [1.807, 2.05) is 35.7 Å². The number of ether oxygens (including phenoxy) is 1. The molecule has 0 saturated heterocycles. The summed E-state index contributed by atoms with van der Waals surface area (Å²) in [5, 5.41) is 15.4. The number of benzene rings is 2. The highest BCUT2D eigenvalue weighted by Gasteiger charge is 2.22. The molecule has 4 rings (SSSR count). The van der Waals surface area contributed by atoms with E-state index in [2.05, 4.69) is 10.3 Å². The molecule has 0 aliphatic heterocycles. The first-order valence-electron chi connectivity index (χ1n) is 9.95. The van der Waals surface area contributed by atoms with Crippen molar-refractivity contribution in [2.24, 2.45) is 0 Å². The van der Waals surface area contributed by atoms with Crippen molar-refractivity contribution in [1.82, 2.24) is 9.66 Å². The Balaban J connectivity index is 1.60. The van der Waals surface area contributed by atoms with Crippen LogP contribution in [-0.4, -0.2) is 32.9 Å². The molecule has 0 saturated carbocycles. The fourth-order valence-electron chi connectivity index (χ4n) is 3.25. The molecule has 34 heavy (non-hydrogen) atoms. The highest BCUT2D eigenvalue weighted by Crippen LogP contribution is 2.33. The molecule has 2 aromatic carbocycles. The predicted molar refractivity (Wildman–Crippen MR) is 133 cm³/mol. The Kier molecular flexibility index (Phi) is 6.52. The average Bonchev–Trinajstić information content (AvgIpc) is 3.26. The standard InChI is InChI=1S/C22H19N5O5S2/c1-12(19(28)24-16-10-14(27(30)31)8-9-17(16)32-2)34-22-25-20-18(21(29)26(22)23)15(11-33-20)13-6-4-3-5-7-13/h3-12H,23H2,1-2H3,(H,24,28). The molecule has 1 unspecified atom stereocenters. The zero-order valence-corrected chi connectivity index (χ0v) is 19.7. The van der Waals surface area contributed by atoms with Gasteiger partial charge >= 0.3 is 0 Å². The van der Waals surface area contributed by atoms with Gasteiger partial charge in [-0.1, -0.05) is 42.1 Å². The van der Waals surface area contributed by atoms with Crippen LogP contribution in [0.1, 0.15) is 6.92 Å². The number of thioether (sulfide) groups is 1. The topological polar surface area (TPSA) is 142 Å². The third-order valence-electron chi connectivity index (χ3n) is 5.00. The number of carbonyl (C=O) groups excluding carboxylic acids is 1. The predicted octanol–water partition coefficient (Wildman–Crippen LogP) is 3.87. The van der Waals surface area contributed by atoms with E-state index >= 15 is 0 Å². The Morgan fingerprint density at radius 1 is 1.29 bits per heavy atom. The van der Waals surface area contributed by atoms with E-state index in [1.54, 1.807) is 6.92 Å². The molecule has 0 fully saturated rings. The van der Waals surface area contributed by atoms with Gasteiger partial charge in [-0.2, -0.15) is 0 Å². The summed E-state index contributed by atoms with van der Waals surface area (Å²) in [7, 11) is 1.39. The van der Waals surface area contributed by atoms with Gasteiger partial charge in [-0.3, -0.25) is 19.7 Å². The molecule has 0 aliphatic carbocycles. The number of nitro groups is 1. The van der Waals surface area contributed by atoms with Crippen molar-refractivity contribution < 1.29 is 14.5 Å². The van der Waals surface area contributed by atoms with Crippen molar-refractivity contribution in [3.63, 3.8) is 0 Å². The van der Waals surface area contributed by atoms with Crippen LogP contribution in [0.5, 0.6) is 5.75 Å². The molecule has 3 N–H and O–H groups in total. The Bertz CT molecular complexity index is 1450. The van der Waals surface area contributed by atoms with Crippen LogP contribution >= 0.6 is 23.1 Å². The Morgan fingerprint density at radius 3 is 2.71 bits per heavy atom. The van der Waals surface area contributed by atoms with E-state index in [1.165, 1.54) is 36.6 Å². The first-order chi connectivity index (χ1) is 16.3. The van der Waals surface area contributed by atoms with Gasteiger partial charge in [-0.15, -0.1) is 11.3 Å². The summed E-state index contributed by atoms with van der Waals surface area (Å²) in [5.41, 5.74) is 1.18. The van der Waals surface area contributed by atoms with E-state index in [0.717, 1.165) is 27.6 Å². The Labute approximate surface area is 201 Å². The number of non-ortho nitro benzene ring substituents is 1. The minimum atomic E-state index is -0.725. The van der Waals surface area contributed by atoms with Gasteiger partial charge in [0.15, 0.2) is 5.16 Å². The summed E-state index contributed by atoms with van der Waals surface area (Å²) >= 11 is 2.32. The minimum Gasteiger partial charge on any atom is -0.495 e. The Hall–Kier alpha value is -3.90. The van der Waals surface area contributed by atoms with Crippen LogP contribution in [0, 0.1) is 10.1 Å². The minimum absolute atomic E-state index is 0.161. The number of amides is 1. The lowest BCUT2D eigenvalue weighted by molar-refractivity contribution is -0.384. The largest absolute Gasteiger partial charge is 0.495 e. The number of nitrogens with one attached hydrogen (secondary N) is 1. The third kappa shape index (κ3) is 4.45. The van der Waals surface area contributed by atoms with Crippen LogP contribution < -0.4 is 21.5 Å². The second kappa shape index (κ2) is 9.53. The van der Waals surface area contributed by atoms with Crippen LogP contribution in [0.2, 0.25) is 0 Å². The highest BCUT2D eigenvalue weighted by atomic mass is 32.2. The van der Waals surface area contributed by atoms with Gasteiger partial charge in [-0.05, 0) is 18.6 Å². The first-order valence-corrected chi connectivity index (χ1v) is 11.7. The summed E-state index contributed by atoms with van der Waals surface area (Å²) in [4.78, 5) is 41.4.